The van der Waals surface area contributed by atoms with Crippen LogP contribution < -0.4 is 15.2 Å². The molecule has 1 N–H and O–H groups in total. The maximum atomic E-state index is 13.0. The summed E-state index contributed by atoms with van der Waals surface area (Å²) < 4.78 is 27.2. The van der Waals surface area contributed by atoms with Crippen molar-refractivity contribution in [2.75, 3.05) is 37.8 Å². The van der Waals surface area contributed by atoms with E-state index in [-0.39, 0.29) is 17.7 Å². The molecule has 1 saturated heterocycles. The van der Waals surface area contributed by atoms with Crippen LogP contribution in [0.2, 0.25) is 0 Å². The summed E-state index contributed by atoms with van der Waals surface area (Å²) in [6.07, 6.45) is 1.45. The Morgan fingerprint density at radius 2 is 2.03 bits per heavy atom. The highest BCUT2D eigenvalue weighted by Gasteiger charge is 2.30. The molecule has 0 spiro atoms. The van der Waals surface area contributed by atoms with E-state index in [1.54, 1.807) is 13.0 Å². The summed E-state index contributed by atoms with van der Waals surface area (Å²) in [5, 5.41) is 0. The standard InChI is InChI=1S/C21H30N4O5S/c1-6-30-20(27)15-11-16(14(2)23-31(28)21(3,4)5)19-22-17(12-18(26)25(19)13-15)24-7-9-29-10-8-24/h11-14,23H,6-10H2,1-5H3/t14?,31-/m1/s1. The Balaban J connectivity index is 2.13. The molecule has 3 rings (SSSR count). The highest BCUT2D eigenvalue weighted by Crippen LogP contribution is 2.25. The molecule has 9 nitrogen and oxygen atoms in total. The van der Waals surface area contributed by atoms with E-state index in [9.17, 15) is 14.1 Å². The van der Waals surface area contributed by atoms with Gasteiger partial charge in [0.15, 0.2) is 0 Å². The summed E-state index contributed by atoms with van der Waals surface area (Å²) in [4.78, 5) is 32.1. The maximum absolute atomic E-state index is 13.0. The van der Waals surface area contributed by atoms with Gasteiger partial charge in [0, 0.05) is 42.3 Å². The Morgan fingerprint density at radius 1 is 1.35 bits per heavy atom. The largest absolute Gasteiger partial charge is 0.598 e. The maximum Gasteiger partial charge on any atom is 0.339 e. The molecular formula is C21H30N4O5S. The third-order valence-corrected chi connectivity index (χ3v) is 6.61. The number of aromatic nitrogens is 2. The van der Waals surface area contributed by atoms with Gasteiger partial charge in [-0.05, 0) is 40.7 Å². The summed E-state index contributed by atoms with van der Waals surface area (Å²) in [5.74, 6) is 0.0292. The molecule has 0 bridgehead atoms. The topological polar surface area (TPSA) is 108 Å². The van der Waals surface area contributed by atoms with Crippen LogP contribution in [0.25, 0.3) is 5.65 Å². The molecule has 1 aliphatic rings. The molecule has 1 unspecified atom stereocenters. The van der Waals surface area contributed by atoms with Crippen LogP contribution in [-0.2, 0) is 20.8 Å². The Labute approximate surface area is 185 Å². The van der Waals surface area contributed by atoms with Crippen molar-refractivity contribution in [1.82, 2.24) is 14.1 Å². The second kappa shape index (κ2) is 9.56. The van der Waals surface area contributed by atoms with Gasteiger partial charge in [0.2, 0.25) is 0 Å². The van der Waals surface area contributed by atoms with E-state index in [2.05, 4.69) is 4.72 Å². The number of pyridine rings is 1. The molecule has 0 saturated carbocycles. The molecule has 2 aromatic heterocycles. The molecule has 10 heteroatoms. The van der Waals surface area contributed by atoms with Crippen LogP contribution in [0.4, 0.5) is 5.82 Å². The fraction of sp³-hybridized carbons (Fsp3) is 0.571. The molecule has 0 radical (unpaired) electrons. The number of nitrogens with zero attached hydrogens (tertiary/aromatic N) is 3. The van der Waals surface area contributed by atoms with E-state index in [4.69, 9.17) is 14.5 Å². The van der Waals surface area contributed by atoms with E-state index in [1.807, 2.05) is 32.6 Å². The van der Waals surface area contributed by atoms with E-state index < -0.39 is 28.1 Å². The van der Waals surface area contributed by atoms with Gasteiger partial charge in [-0.2, -0.15) is 0 Å². The summed E-state index contributed by atoms with van der Waals surface area (Å²) in [6, 6.07) is 2.68. The summed E-state index contributed by atoms with van der Waals surface area (Å²) in [5.41, 5.74) is 0.939. The zero-order valence-corrected chi connectivity index (χ0v) is 19.5. The van der Waals surface area contributed by atoms with Crippen LogP contribution in [0.3, 0.4) is 0 Å². The lowest BCUT2D eigenvalue weighted by atomic mass is 10.1. The van der Waals surface area contributed by atoms with Crippen LogP contribution in [0.5, 0.6) is 0 Å². The normalized spacial score (nSPS) is 16.9. The SMILES string of the molecule is CCOC(=O)c1cc(C(C)N[S@+]([O-])C(C)(C)C)c2nc(N3CCOCC3)cc(=O)n2c1. The Morgan fingerprint density at radius 3 is 2.65 bits per heavy atom. The van der Waals surface area contributed by atoms with Gasteiger partial charge in [-0.3, -0.25) is 9.20 Å². The summed E-state index contributed by atoms with van der Waals surface area (Å²) >= 11 is -1.35. The monoisotopic (exact) mass is 450 g/mol. The second-order valence-electron chi connectivity index (χ2n) is 8.37. The van der Waals surface area contributed by atoms with E-state index in [0.29, 0.717) is 43.3 Å². The zero-order valence-electron chi connectivity index (χ0n) is 18.6. The first-order chi connectivity index (χ1) is 14.6. The van der Waals surface area contributed by atoms with Gasteiger partial charge >= 0.3 is 5.97 Å². The highest BCUT2D eigenvalue weighted by atomic mass is 32.2. The van der Waals surface area contributed by atoms with Gasteiger partial charge in [-0.15, -0.1) is 4.72 Å². The third kappa shape index (κ3) is 5.38. The van der Waals surface area contributed by atoms with Crippen LogP contribution >= 0.6 is 0 Å². The smallest absolute Gasteiger partial charge is 0.339 e. The Bertz CT molecular complexity index is 998. The van der Waals surface area contributed by atoms with Gasteiger partial charge in [0.25, 0.3) is 5.56 Å². The van der Waals surface area contributed by atoms with Gasteiger partial charge in [0.1, 0.15) is 16.2 Å². The van der Waals surface area contributed by atoms with Crippen molar-refractivity contribution < 1.29 is 18.8 Å². The number of esters is 1. The van der Waals surface area contributed by atoms with Crippen LogP contribution in [0.1, 0.15) is 56.6 Å². The second-order valence-corrected chi connectivity index (χ2v) is 10.4. The van der Waals surface area contributed by atoms with E-state index >= 15 is 0 Å². The lowest BCUT2D eigenvalue weighted by Gasteiger charge is -2.29. The van der Waals surface area contributed by atoms with Crippen molar-refractivity contribution in [3.05, 3.63) is 39.8 Å². The number of rotatable bonds is 6. The van der Waals surface area contributed by atoms with E-state index in [0.717, 1.165) is 0 Å². The molecule has 1 aliphatic heterocycles. The quantitative estimate of drug-likeness (QED) is 0.524. The first kappa shape index (κ1) is 23.5. The predicted molar refractivity (Wildman–Crippen MR) is 120 cm³/mol. The molecule has 31 heavy (non-hydrogen) atoms. The van der Waals surface area contributed by atoms with Gasteiger partial charge in [-0.25, -0.2) is 9.78 Å². The van der Waals surface area contributed by atoms with Crippen molar-refractivity contribution in [3.8, 4) is 0 Å². The first-order valence-electron chi connectivity index (χ1n) is 10.4. The average molecular weight is 451 g/mol. The molecule has 3 heterocycles. The fourth-order valence-electron chi connectivity index (χ4n) is 3.22. The Kier molecular flexibility index (Phi) is 7.25. The number of hydrogen-bond acceptors (Lipinski definition) is 8. The van der Waals surface area contributed by atoms with Crippen LogP contribution in [-0.4, -0.2) is 57.6 Å². The van der Waals surface area contributed by atoms with Crippen LogP contribution in [0, 0.1) is 0 Å². The minimum absolute atomic E-state index is 0.219. The molecule has 170 valence electrons. The average Bonchev–Trinajstić information content (AvgIpc) is 2.73. The molecule has 2 aromatic rings. The zero-order chi connectivity index (χ0) is 22.8. The predicted octanol–water partition coefficient (Wildman–Crippen LogP) is 1.82. The minimum Gasteiger partial charge on any atom is -0.598 e. The number of carbonyl (C=O) groups is 1. The molecule has 0 amide bonds. The summed E-state index contributed by atoms with van der Waals surface area (Å²) in [7, 11) is 0. The lowest BCUT2D eigenvalue weighted by Crippen LogP contribution is -2.41. The Hall–Kier alpha value is -2.14. The van der Waals surface area contributed by atoms with Crippen molar-refractivity contribution >= 4 is 28.8 Å². The van der Waals surface area contributed by atoms with Gasteiger partial charge in [0.05, 0.1) is 31.4 Å². The third-order valence-electron chi connectivity index (χ3n) is 4.93. The lowest BCUT2D eigenvalue weighted by molar-refractivity contribution is 0.0525. The number of nitrogens with one attached hydrogen (secondary N) is 1. The van der Waals surface area contributed by atoms with Crippen molar-refractivity contribution in [3.63, 3.8) is 0 Å². The molecule has 0 aromatic carbocycles. The molecular weight excluding hydrogens is 420 g/mol. The number of anilines is 1. The van der Waals surface area contributed by atoms with Crippen molar-refractivity contribution in [1.29, 1.82) is 0 Å². The minimum atomic E-state index is -1.35. The molecule has 2 atom stereocenters. The van der Waals surface area contributed by atoms with Crippen molar-refractivity contribution in [2.24, 2.45) is 0 Å². The van der Waals surface area contributed by atoms with E-state index in [1.165, 1.54) is 16.7 Å². The molecule has 1 fully saturated rings. The number of morpholine rings is 1. The number of hydrogen-bond donors (Lipinski definition) is 1. The van der Waals surface area contributed by atoms with Gasteiger partial charge in [-0.1, -0.05) is 0 Å². The fourth-order valence-corrected chi connectivity index (χ4v) is 4.02. The highest BCUT2D eigenvalue weighted by molar-refractivity contribution is 7.90. The number of ether oxygens (including phenoxy) is 2. The first-order valence-corrected chi connectivity index (χ1v) is 11.5. The van der Waals surface area contributed by atoms with Gasteiger partial charge < -0.3 is 18.9 Å². The van der Waals surface area contributed by atoms with Crippen molar-refractivity contribution in [2.45, 2.75) is 45.4 Å². The number of carbonyl (C=O) groups excluding carboxylic acids is 1. The molecule has 0 aliphatic carbocycles. The van der Waals surface area contributed by atoms with Crippen LogP contribution in [0.15, 0.2) is 23.1 Å². The number of fused-ring (bicyclic) bond motifs is 1. The summed E-state index contributed by atoms with van der Waals surface area (Å²) in [6.45, 7) is 11.8.